The van der Waals surface area contributed by atoms with Crippen LogP contribution < -0.4 is 10.6 Å². The van der Waals surface area contributed by atoms with Gasteiger partial charge in [-0.1, -0.05) is 0 Å². The van der Waals surface area contributed by atoms with Crippen molar-refractivity contribution in [2.45, 2.75) is 44.7 Å². The third-order valence-corrected chi connectivity index (χ3v) is 2.43. The standard InChI is InChI=1S/C10H18N2O3/c1-10(2,6-8(13)14)12-9(15)7-4-3-5-11-7/h7,11H,3-6H2,1-2H3,(H,12,15)(H,13,14)/t7-/m1/s1. The third-order valence-electron chi connectivity index (χ3n) is 2.43. The van der Waals surface area contributed by atoms with E-state index >= 15 is 0 Å². The number of hydrogen-bond acceptors (Lipinski definition) is 3. The van der Waals surface area contributed by atoms with Gasteiger partial charge in [-0.15, -0.1) is 0 Å². The van der Waals surface area contributed by atoms with Gasteiger partial charge in [0.1, 0.15) is 0 Å². The van der Waals surface area contributed by atoms with Crippen LogP contribution in [-0.4, -0.2) is 35.1 Å². The molecule has 0 radical (unpaired) electrons. The Morgan fingerprint density at radius 2 is 2.20 bits per heavy atom. The normalized spacial score (nSPS) is 21.3. The summed E-state index contributed by atoms with van der Waals surface area (Å²) in [7, 11) is 0. The fraction of sp³-hybridized carbons (Fsp3) is 0.800. The predicted octanol–water partition coefficient (Wildman–Crippen LogP) is 0.108. The van der Waals surface area contributed by atoms with Crippen LogP contribution in [0.15, 0.2) is 0 Å². The van der Waals surface area contributed by atoms with E-state index in [2.05, 4.69) is 10.6 Å². The average Bonchev–Trinajstić information content (AvgIpc) is 2.50. The first-order valence-corrected chi connectivity index (χ1v) is 5.18. The van der Waals surface area contributed by atoms with Gasteiger partial charge in [-0.3, -0.25) is 9.59 Å². The van der Waals surface area contributed by atoms with Gasteiger partial charge in [0.2, 0.25) is 5.91 Å². The third kappa shape index (κ3) is 3.87. The molecule has 0 unspecified atom stereocenters. The molecule has 0 saturated carbocycles. The number of carboxylic acids is 1. The van der Waals surface area contributed by atoms with Crippen LogP contribution in [0.3, 0.4) is 0 Å². The molecule has 86 valence electrons. The van der Waals surface area contributed by atoms with Crippen molar-refractivity contribution >= 4 is 11.9 Å². The second kappa shape index (κ2) is 4.61. The summed E-state index contributed by atoms with van der Waals surface area (Å²) in [5.41, 5.74) is -0.687. The molecule has 1 heterocycles. The first-order valence-electron chi connectivity index (χ1n) is 5.18. The van der Waals surface area contributed by atoms with Crippen LogP contribution in [0.1, 0.15) is 33.1 Å². The van der Waals surface area contributed by atoms with Gasteiger partial charge >= 0.3 is 5.97 Å². The van der Waals surface area contributed by atoms with Crippen LogP contribution in [0.4, 0.5) is 0 Å². The van der Waals surface area contributed by atoms with Crippen LogP contribution in [0.25, 0.3) is 0 Å². The molecule has 0 bridgehead atoms. The Labute approximate surface area is 89.2 Å². The van der Waals surface area contributed by atoms with Crippen molar-refractivity contribution in [1.82, 2.24) is 10.6 Å². The summed E-state index contributed by atoms with van der Waals surface area (Å²) >= 11 is 0. The number of carbonyl (C=O) groups is 2. The second-order valence-corrected chi connectivity index (χ2v) is 4.59. The Morgan fingerprint density at radius 3 is 2.67 bits per heavy atom. The Kier molecular flexibility index (Phi) is 3.68. The Morgan fingerprint density at radius 1 is 1.53 bits per heavy atom. The lowest BCUT2D eigenvalue weighted by atomic mass is 10.00. The molecule has 0 aromatic heterocycles. The summed E-state index contributed by atoms with van der Waals surface area (Å²) in [5, 5.41) is 14.5. The molecule has 1 atom stereocenters. The highest BCUT2D eigenvalue weighted by Gasteiger charge is 2.29. The van der Waals surface area contributed by atoms with E-state index in [4.69, 9.17) is 5.11 Å². The van der Waals surface area contributed by atoms with E-state index < -0.39 is 11.5 Å². The topological polar surface area (TPSA) is 78.4 Å². The van der Waals surface area contributed by atoms with Gasteiger partial charge in [0.25, 0.3) is 0 Å². The van der Waals surface area contributed by atoms with Gasteiger partial charge in [0.05, 0.1) is 12.5 Å². The molecule has 5 nitrogen and oxygen atoms in total. The number of carbonyl (C=O) groups excluding carboxylic acids is 1. The molecular formula is C10H18N2O3. The van der Waals surface area contributed by atoms with Gasteiger partial charge in [-0.05, 0) is 33.2 Å². The van der Waals surface area contributed by atoms with Crippen molar-refractivity contribution in [2.75, 3.05) is 6.54 Å². The number of rotatable bonds is 4. The van der Waals surface area contributed by atoms with Crippen molar-refractivity contribution in [1.29, 1.82) is 0 Å². The lowest BCUT2D eigenvalue weighted by Gasteiger charge is -2.26. The van der Waals surface area contributed by atoms with Crippen LogP contribution in [0.2, 0.25) is 0 Å². The van der Waals surface area contributed by atoms with Crippen LogP contribution in [0, 0.1) is 0 Å². The number of amides is 1. The molecule has 1 amide bonds. The summed E-state index contributed by atoms with van der Waals surface area (Å²) in [6, 6.07) is -0.155. The number of nitrogens with one attached hydrogen (secondary N) is 2. The summed E-state index contributed by atoms with van der Waals surface area (Å²) in [6.45, 7) is 4.29. The van der Waals surface area contributed by atoms with Gasteiger partial charge in [0, 0.05) is 5.54 Å². The van der Waals surface area contributed by atoms with Gasteiger partial charge < -0.3 is 15.7 Å². The largest absolute Gasteiger partial charge is 0.481 e. The van der Waals surface area contributed by atoms with Gasteiger partial charge in [-0.2, -0.15) is 0 Å². The van der Waals surface area contributed by atoms with Crippen molar-refractivity contribution < 1.29 is 14.7 Å². The SMILES string of the molecule is CC(C)(CC(=O)O)NC(=O)[C@H]1CCCN1. The molecule has 1 saturated heterocycles. The van der Waals surface area contributed by atoms with E-state index in [-0.39, 0.29) is 18.4 Å². The second-order valence-electron chi connectivity index (χ2n) is 4.59. The maximum atomic E-state index is 11.7. The minimum absolute atomic E-state index is 0.0640. The van der Waals surface area contributed by atoms with Gasteiger partial charge in [-0.25, -0.2) is 0 Å². The lowest BCUT2D eigenvalue weighted by Crippen LogP contribution is -2.51. The maximum absolute atomic E-state index is 11.7. The zero-order valence-electron chi connectivity index (χ0n) is 9.17. The zero-order chi connectivity index (χ0) is 11.5. The molecular weight excluding hydrogens is 196 g/mol. The van der Waals surface area contributed by atoms with Crippen molar-refractivity contribution in [2.24, 2.45) is 0 Å². The smallest absolute Gasteiger partial charge is 0.305 e. The van der Waals surface area contributed by atoms with Crippen molar-refractivity contribution in [3.05, 3.63) is 0 Å². The minimum atomic E-state index is -0.903. The molecule has 1 rings (SSSR count). The maximum Gasteiger partial charge on any atom is 0.305 e. The minimum Gasteiger partial charge on any atom is -0.481 e. The molecule has 0 aromatic rings. The molecule has 1 aliphatic rings. The molecule has 0 aliphatic carbocycles. The van der Waals surface area contributed by atoms with Crippen LogP contribution in [0.5, 0.6) is 0 Å². The number of carboxylic acid groups (broad SMARTS) is 1. The van der Waals surface area contributed by atoms with Crippen molar-refractivity contribution in [3.8, 4) is 0 Å². The highest BCUT2D eigenvalue weighted by Crippen LogP contribution is 2.11. The number of hydrogen-bond donors (Lipinski definition) is 3. The first kappa shape index (κ1) is 12.0. The monoisotopic (exact) mass is 214 g/mol. The van der Waals surface area contributed by atoms with Crippen LogP contribution in [-0.2, 0) is 9.59 Å². The molecule has 1 fully saturated rings. The summed E-state index contributed by atoms with van der Waals surface area (Å²) in [6.07, 6.45) is 1.76. The predicted molar refractivity (Wildman–Crippen MR) is 55.5 cm³/mol. The Bertz CT molecular complexity index is 257. The lowest BCUT2D eigenvalue weighted by molar-refractivity contribution is -0.138. The molecule has 1 aliphatic heterocycles. The molecule has 3 N–H and O–H groups in total. The van der Waals surface area contributed by atoms with E-state index in [1.165, 1.54) is 0 Å². The zero-order valence-corrected chi connectivity index (χ0v) is 9.17. The summed E-state index contributed by atoms with van der Waals surface area (Å²) in [5.74, 6) is -1.00. The number of aliphatic carboxylic acids is 1. The van der Waals surface area contributed by atoms with Crippen molar-refractivity contribution in [3.63, 3.8) is 0 Å². The summed E-state index contributed by atoms with van der Waals surface area (Å²) < 4.78 is 0. The molecule has 0 aromatic carbocycles. The van der Waals surface area contributed by atoms with E-state index in [0.717, 1.165) is 19.4 Å². The fourth-order valence-electron chi connectivity index (χ4n) is 1.75. The Balaban J connectivity index is 2.44. The van der Waals surface area contributed by atoms with Gasteiger partial charge in [0.15, 0.2) is 0 Å². The average molecular weight is 214 g/mol. The highest BCUT2D eigenvalue weighted by atomic mass is 16.4. The fourth-order valence-corrected chi connectivity index (χ4v) is 1.75. The molecule has 5 heteroatoms. The first-order chi connectivity index (χ1) is 6.91. The highest BCUT2D eigenvalue weighted by molar-refractivity contribution is 5.83. The van der Waals surface area contributed by atoms with E-state index in [1.807, 2.05) is 0 Å². The van der Waals surface area contributed by atoms with E-state index in [9.17, 15) is 9.59 Å². The van der Waals surface area contributed by atoms with E-state index in [1.54, 1.807) is 13.8 Å². The van der Waals surface area contributed by atoms with Crippen LogP contribution >= 0.6 is 0 Å². The Hall–Kier alpha value is -1.10. The summed E-state index contributed by atoms with van der Waals surface area (Å²) in [4.78, 5) is 22.2. The quantitative estimate of drug-likeness (QED) is 0.620. The molecule has 15 heavy (non-hydrogen) atoms. The van der Waals surface area contributed by atoms with E-state index in [0.29, 0.717) is 0 Å². The molecule has 0 spiro atoms.